The summed E-state index contributed by atoms with van der Waals surface area (Å²) in [5.41, 5.74) is -0.441. The molecular formula is C11H10ClF3O2. The summed E-state index contributed by atoms with van der Waals surface area (Å²) in [5.74, 6) is -1.70. The van der Waals surface area contributed by atoms with Crippen LogP contribution in [0.15, 0.2) is 18.2 Å². The van der Waals surface area contributed by atoms with Crippen molar-refractivity contribution in [2.24, 2.45) is 5.92 Å². The van der Waals surface area contributed by atoms with Gasteiger partial charge >= 0.3 is 12.1 Å². The summed E-state index contributed by atoms with van der Waals surface area (Å²) >= 11 is 5.69. The van der Waals surface area contributed by atoms with Crippen molar-refractivity contribution < 1.29 is 23.1 Å². The summed E-state index contributed by atoms with van der Waals surface area (Å²) in [5, 5.41) is 8.63. The third-order valence-electron chi connectivity index (χ3n) is 2.33. The van der Waals surface area contributed by atoms with E-state index in [1.807, 2.05) is 0 Å². The van der Waals surface area contributed by atoms with Crippen LogP contribution in [0, 0.1) is 5.92 Å². The van der Waals surface area contributed by atoms with Gasteiger partial charge in [0.1, 0.15) is 0 Å². The van der Waals surface area contributed by atoms with Gasteiger partial charge in [-0.15, -0.1) is 0 Å². The van der Waals surface area contributed by atoms with Crippen LogP contribution in [0.3, 0.4) is 0 Å². The normalized spacial score (nSPS) is 13.5. The molecule has 0 bridgehead atoms. The van der Waals surface area contributed by atoms with E-state index in [0.29, 0.717) is 5.56 Å². The molecule has 1 rings (SSSR count). The van der Waals surface area contributed by atoms with Crippen molar-refractivity contribution in [2.75, 3.05) is 0 Å². The molecule has 1 aromatic rings. The highest BCUT2D eigenvalue weighted by molar-refractivity contribution is 6.31. The summed E-state index contributed by atoms with van der Waals surface area (Å²) in [4.78, 5) is 10.6. The Bertz CT molecular complexity index is 429. The maximum Gasteiger partial charge on any atom is 0.416 e. The SMILES string of the molecule is CC(Cc1ccc(C(F)(F)F)cc1Cl)C(=O)O. The molecule has 0 aliphatic heterocycles. The van der Waals surface area contributed by atoms with Gasteiger partial charge in [-0.25, -0.2) is 0 Å². The standard InChI is InChI=1S/C11H10ClF3O2/c1-6(10(16)17)4-7-2-3-8(5-9(7)12)11(13,14)15/h2-3,5-6H,4H2,1H3,(H,16,17). The topological polar surface area (TPSA) is 37.3 Å². The van der Waals surface area contributed by atoms with Gasteiger partial charge in [-0.3, -0.25) is 4.79 Å². The van der Waals surface area contributed by atoms with Crippen LogP contribution >= 0.6 is 11.6 Å². The molecule has 17 heavy (non-hydrogen) atoms. The van der Waals surface area contributed by atoms with E-state index in [1.54, 1.807) is 0 Å². The lowest BCUT2D eigenvalue weighted by Gasteiger charge is -2.11. The predicted octanol–water partition coefficient (Wildman–Crippen LogP) is 3.62. The lowest BCUT2D eigenvalue weighted by molar-refractivity contribution is -0.141. The number of carbonyl (C=O) groups is 1. The number of carboxylic acids is 1. The Labute approximate surface area is 101 Å². The van der Waals surface area contributed by atoms with Gasteiger partial charge in [-0.05, 0) is 24.1 Å². The van der Waals surface area contributed by atoms with Gasteiger partial charge in [0.2, 0.25) is 0 Å². The van der Waals surface area contributed by atoms with E-state index < -0.39 is 23.6 Å². The molecule has 2 nitrogen and oxygen atoms in total. The van der Waals surface area contributed by atoms with E-state index in [1.165, 1.54) is 13.0 Å². The van der Waals surface area contributed by atoms with Crippen molar-refractivity contribution >= 4 is 17.6 Å². The van der Waals surface area contributed by atoms with Crippen LogP contribution in [0.4, 0.5) is 13.2 Å². The van der Waals surface area contributed by atoms with E-state index in [-0.39, 0.29) is 11.4 Å². The molecule has 94 valence electrons. The van der Waals surface area contributed by atoms with E-state index >= 15 is 0 Å². The smallest absolute Gasteiger partial charge is 0.416 e. The molecule has 0 aromatic heterocycles. The maximum absolute atomic E-state index is 12.3. The number of hydrogen-bond donors (Lipinski definition) is 1. The Morgan fingerprint density at radius 2 is 2.06 bits per heavy atom. The molecule has 0 saturated carbocycles. The van der Waals surface area contributed by atoms with Gasteiger partial charge in [-0.1, -0.05) is 24.6 Å². The first-order valence-corrected chi connectivity index (χ1v) is 5.18. The van der Waals surface area contributed by atoms with Crippen LogP contribution in [0.5, 0.6) is 0 Å². The second-order valence-corrected chi connectivity index (χ2v) is 4.15. The van der Waals surface area contributed by atoms with Crippen molar-refractivity contribution in [2.45, 2.75) is 19.5 Å². The third-order valence-corrected chi connectivity index (χ3v) is 2.68. The first-order valence-electron chi connectivity index (χ1n) is 4.80. The van der Waals surface area contributed by atoms with E-state index in [4.69, 9.17) is 16.7 Å². The second-order valence-electron chi connectivity index (χ2n) is 3.75. The number of aliphatic carboxylic acids is 1. The first-order chi connectivity index (χ1) is 7.71. The average Bonchev–Trinajstić information content (AvgIpc) is 2.19. The number of alkyl halides is 3. The molecule has 0 amide bonds. The van der Waals surface area contributed by atoms with Crippen LogP contribution in [0.25, 0.3) is 0 Å². The van der Waals surface area contributed by atoms with Crippen LogP contribution in [0.1, 0.15) is 18.1 Å². The third kappa shape index (κ3) is 3.63. The quantitative estimate of drug-likeness (QED) is 0.907. The Morgan fingerprint density at radius 3 is 2.47 bits per heavy atom. The summed E-state index contributed by atoms with van der Waals surface area (Å²) < 4.78 is 37.0. The number of halogens is 4. The monoisotopic (exact) mass is 266 g/mol. The van der Waals surface area contributed by atoms with E-state index in [0.717, 1.165) is 12.1 Å². The summed E-state index contributed by atoms with van der Waals surface area (Å²) in [6.07, 6.45) is -4.34. The average molecular weight is 267 g/mol. The highest BCUT2D eigenvalue weighted by Crippen LogP contribution is 2.32. The van der Waals surface area contributed by atoms with Gasteiger partial charge in [0.25, 0.3) is 0 Å². The predicted molar refractivity (Wildman–Crippen MR) is 57.0 cm³/mol. The number of hydrogen-bond acceptors (Lipinski definition) is 1. The Hall–Kier alpha value is -1.23. The minimum absolute atomic E-state index is 0.0621. The highest BCUT2D eigenvalue weighted by Gasteiger charge is 2.31. The molecule has 0 aliphatic carbocycles. The molecule has 1 aromatic carbocycles. The van der Waals surface area contributed by atoms with Gasteiger partial charge in [-0.2, -0.15) is 13.2 Å². The van der Waals surface area contributed by atoms with Crippen LogP contribution in [-0.4, -0.2) is 11.1 Å². The molecule has 1 atom stereocenters. The second kappa shape index (κ2) is 4.96. The van der Waals surface area contributed by atoms with Crippen LogP contribution in [-0.2, 0) is 17.4 Å². The van der Waals surface area contributed by atoms with Crippen LogP contribution in [0.2, 0.25) is 5.02 Å². The molecule has 0 aliphatic rings. The molecule has 1 unspecified atom stereocenters. The lowest BCUT2D eigenvalue weighted by Crippen LogP contribution is -2.13. The molecule has 1 N–H and O–H groups in total. The molecule has 0 radical (unpaired) electrons. The minimum Gasteiger partial charge on any atom is -0.481 e. The Morgan fingerprint density at radius 1 is 1.47 bits per heavy atom. The zero-order chi connectivity index (χ0) is 13.2. The fraction of sp³-hybridized carbons (Fsp3) is 0.364. The van der Waals surface area contributed by atoms with Crippen molar-refractivity contribution in [3.8, 4) is 0 Å². The number of carboxylic acid groups (broad SMARTS) is 1. The van der Waals surface area contributed by atoms with Gasteiger partial charge < -0.3 is 5.11 Å². The van der Waals surface area contributed by atoms with Gasteiger partial charge in [0, 0.05) is 5.02 Å². The zero-order valence-corrected chi connectivity index (χ0v) is 9.64. The first kappa shape index (κ1) is 13.8. The largest absolute Gasteiger partial charge is 0.481 e. The fourth-order valence-electron chi connectivity index (χ4n) is 1.31. The van der Waals surface area contributed by atoms with Crippen molar-refractivity contribution in [3.05, 3.63) is 34.3 Å². The highest BCUT2D eigenvalue weighted by atomic mass is 35.5. The zero-order valence-electron chi connectivity index (χ0n) is 8.88. The van der Waals surface area contributed by atoms with Crippen LogP contribution < -0.4 is 0 Å². The number of rotatable bonds is 3. The van der Waals surface area contributed by atoms with E-state index in [2.05, 4.69) is 0 Å². The van der Waals surface area contributed by atoms with Crippen molar-refractivity contribution in [3.63, 3.8) is 0 Å². The molecule has 0 spiro atoms. The van der Waals surface area contributed by atoms with E-state index in [9.17, 15) is 18.0 Å². The Kier molecular flexibility index (Phi) is 4.03. The summed E-state index contributed by atoms with van der Waals surface area (Å²) in [6.45, 7) is 1.47. The Balaban J connectivity index is 2.95. The lowest BCUT2D eigenvalue weighted by atomic mass is 10.00. The summed E-state index contributed by atoms with van der Waals surface area (Å²) in [6, 6.07) is 2.92. The maximum atomic E-state index is 12.3. The molecule has 6 heteroatoms. The molecule has 0 fully saturated rings. The van der Waals surface area contributed by atoms with Gasteiger partial charge in [0.05, 0.1) is 11.5 Å². The fourth-order valence-corrected chi connectivity index (χ4v) is 1.56. The molecule has 0 heterocycles. The van der Waals surface area contributed by atoms with Gasteiger partial charge in [0.15, 0.2) is 0 Å². The minimum atomic E-state index is -4.44. The van der Waals surface area contributed by atoms with Crippen molar-refractivity contribution in [1.29, 1.82) is 0 Å². The number of benzene rings is 1. The van der Waals surface area contributed by atoms with Crippen molar-refractivity contribution in [1.82, 2.24) is 0 Å². The summed E-state index contributed by atoms with van der Waals surface area (Å²) in [7, 11) is 0. The molecule has 0 saturated heterocycles. The molecular weight excluding hydrogens is 257 g/mol.